The number of aryl methyl sites for hydroxylation is 1. The number of rotatable bonds is 8. The van der Waals surface area contributed by atoms with E-state index < -0.39 is 18.0 Å². The summed E-state index contributed by atoms with van der Waals surface area (Å²) < 4.78 is 5.34. The highest BCUT2D eigenvalue weighted by molar-refractivity contribution is 8.00. The van der Waals surface area contributed by atoms with Crippen LogP contribution in [-0.2, 0) is 14.3 Å². The third-order valence-electron chi connectivity index (χ3n) is 3.89. The van der Waals surface area contributed by atoms with Gasteiger partial charge in [0.25, 0.3) is 5.91 Å². The summed E-state index contributed by atoms with van der Waals surface area (Å²) in [5, 5.41) is 5.53. The Hall–Kier alpha value is -2.80. The summed E-state index contributed by atoms with van der Waals surface area (Å²) in [5.74, 6) is -0.946. The lowest BCUT2D eigenvalue weighted by Gasteiger charge is -2.15. The Balaban J connectivity index is 1.98. The molecule has 0 aliphatic rings. The predicted molar refractivity (Wildman–Crippen MR) is 115 cm³/mol. The van der Waals surface area contributed by atoms with Gasteiger partial charge in [-0.15, -0.1) is 11.8 Å². The lowest BCUT2D eigenvalue weighted by Crippen LogP contribution is -2.31. The first-order valence-corrected chi connectivity index (χ1v) is 10.3. The molecule has 0 spiro atoms. The van der Waals surface area contributed by atoms with Crippen molar-refractivity contribution in [3.05, 3.63) is 59.7 Å². The highest BCUT2D eigenvalue weighted by Crippen LogP contribution is 2.23. The normalized spacial score (nSPS) is 11.6. The van der Waals surface area contributed by atoms with E-state index in [2.05, 4.69) is 10.6 Å². The van der Waals surface area contributed by atoms with Gasteiger partial charge >= 0.3 is 5.97 Å². The summed E-state index contributed by atoms with van der Waals surface area (Å²) in [6.45, 7) is 7.25. The fourth-order valence-electron chi connectivity index (χ4n) is 2.43. The second kappa shape index (κ2) is 10.7. The fraction of sp³-hybridized carbons (Fsp3) is 0.318. The summed E-state index contributed by atoms with van der Waals surface area (Å²) in [5.41, 5.74) is 2.04. The highest BCUT2D eigenvalue weighted by atomic mass is 32.2. The van der Waals surface area contributed by atoms with Crippen molar-refractivity contribution in [2.75, 3.05) is 11.1 Å². The molecule has 2 aromatic rings. The Morgan fingerprint density at radius 1 is 1.00 bits per heavy atom. The minimum absolute atomic E-state index is 0.0520. The van der Waals surface area contributed by atoms with Gasteiger partial charge in [-0.05, 0) is 52.0 Å². The van der Waals surface area contributed by atoms with Gasteiger partial charge in [0.15, 0.2) is 6.10 Å². The number of amides is 2. The lowest BCUT2D eigenvalue weighted by atomic mass is 10.2. The molecule has 6 nitrogen and oxygen atoms in total. The van der Waals surface area contributed by atoms with Gasteiger partial charge in [0.1, 0.15) is 0 Å². The average molecular weight is 415 g/mol. The molecule has 0 unspecified atom stereocenters. The van der Waals surface area contributed by atoms with E-state index in [-0.39, 0.29) is 17.7 Å². The zero-order valence-electron chi connectivity index (χ0n) is 17.0. The van der Waals surface area contributed by atoms with Gasteiger partial charge < -0.3 is 15.4 Å². The molecule has 29 heavy (non-hydrogen) atoms. The van der Waals surface area contributed by atoms with Gasteiger partial charge in [-0.3, -0.25) is 9.59 Å². The number of benzene rings is 2. The van der Waals surface area contributed by atoms with E-state index in [4.69, 9.17) is 4.74 Å². The zero-order valence-corrected chi connectivity index (χ0v) is 17.8. The lowest BCUT2D eigenvalue weighted by molar-refractivity contribution is -0.123. The van der Waals surface area contributed by atoms with Crippen LogP contribution >= 0.6 is 11.8 Å². The van der Waals surface area contributed by atoms with Crippen LogP contribution in [0.2, 0.25) is 0 Å². The number of hydrogen-bond acceptors (Lipinski definition) is 5. The van der Waals surface area contributed by atoms with Gasteiger partial charge in [-0.1, -0.05) is 29.8 Å². The van der Waals surface area contributed by atoms with Crippen LogP contribution in [0.25, 0.3) is 0 Å². The topological polar surface area (TPSA) is 84.5 Å². The van der Waals surface area contributed by atoms with Crippen LogP contribution in [0.3, 0.4) is 0 Å². The molecule has 2 N–H and O–H groups in total. The maximum atomic E-state index is 12.6. The van der Waals surface area contributed by atoms with Gasteiger partial charge in [-0.2, -0.15) is 0 Å². The van der Waals surface area contributed by atoms with Gasteiger partial charge in [0, 0.05) is 16.6 Å². The van der Waals surface area contributed by atoms with E-state index in [1.807, 2.05) is 32.9 Å². The van der Waals surface area contributed by atoms with Crippen LogP contribution in [0, 0.1) is 6.92 Å². The van der Waals surface area contributed by atoms with E-state index in [1.54, 1.807) is 36.4 Å². The van der Waals surface area contributed by atoms with Gasteiger partial charge in [0.05, 0.1) is 11.3 Å². The molecule has 7 heteroatoms. The number of hydrogen-bond donors (Lipinski definition) is 2. The molecule has 2 aromatic carbocycles. The van der Waals surface area contributed by atoms with E-state index in [9.17, 15) is 14.4 Å². The third kappa shape index (κ3) is 7.27. The third-order valence-corrected chi connectivity index (χ3v) is 4.96. The van der Waals surface area contributed by atoms with E-state index in [1.165, 1.54) is 18.7 Å². The van der Waals surface area contributed by atoms with Crippen molar-refractivity contribution in [1.82, 2.24) is 5.32 Å². The molecule has 0 aliphatic heterocycles. The first-order valence-electron chi connectivity index (χ1n) is 9.36. The molecule has 0 saturated heterocycles. The van der Waals surface area contributed by atoms with Crippen molar-refractivity contribution in [3.8, 4) is 0 Å². The Morgan fingerprint density at radius 3 is 2.31 bits per heavy atom. The Morgan fingerprint density at radius 2 is 1.66 bits per heavy atom. The maximum Gasteiger partial charge on any atom is 0.340 e. The van der Waals surface area contributed by atoms with Crippen molar-refractivity contribution in [1.29, 1.82) is 0 Å². The van der Waals surface area contributed by atoms with Crippen LogP contribution in [0.15, 0.2) is 53.4 Å². The number of carbonyl (C=O) groups is 3. The molecule has 2 amide bonds. The van der Waals surface area contributed by atoms with Crippen molar-refractivity contribution in [3.63, 3.8) is 0 Å². The van der Waals surface area contributed by atoms with Crippen LogP contribution in [0.4, 0.5) is 5.69 Å². The zero-order chi connectivity index (χ0) is 21.4. The molecule has 1 atom stereocenters. The Labute approximate surface area is 175 Å². The predicted octanol–water partition coefficient (Wildman–Crippen LogP) is 3.80. The summed E-state index contributed by atoms with van der Waals surface area (Å²) in [6, 6.07) is 14.3. The summed E-state index contributed by atoms with van der Waals surface area (Å²) in [7, 11) is 0. The molecule has 0 radical (unpaired) electrons. The SMILES string of the molecule is Cc1ccc(NC(=O)[C@@H](C)OC(=O)c2ccccc2SCC(=O)NC(C)C)cc1. The van der Waals surface area contributed by atoms with E-state index in [0.717, 1.165) is 5.56 Å². The second-order valence-electron chi connectivity index (χ2n) is 6.91. The number of ether oxygens (including phenoxy) is 1. The van der Waals surface area contributed by atoms with Crippen molar-refractivity contribution >= 4 is 35.2 Å². The average Bonchev–Trinajstić information content (AvgIpc) is 2.67. The van der Waals surface area contributed by atoms with E-state index in [0.29, 0.717) is 16.1 Å². The minimum Gasteiger partial charge on any atom is -0.449 e. The highest BCUT2D eigenvalue weighted by Gasteiger charge is 2.21. The Bertz CT molecular complexity index is 865. The molecule has 0 aliphatic carbocycles. The number of thioether (sulfide) groups is 1. The van der Waals surface area contributed by atoms with Crippen LogP contribution < -0.4 is 10.6 Å². The number of anilines is 1. The fourth-order valence-corrected chi connectivity index (χ4v) is 3.28. The quantitative estimate of drug-likeness (QED) is 0.507. The molecule has 0 fully saturated rings. The largest absolute Gasteiger partial charge is 0.449 e. The van der Waals surface area contributed by atoms with Crippen LogP contribution in [-0.4, -0.2) is 35.7 Å². The monoisotopic (exact) mass is 414 g/mol. The number of carbonyl (C=O) groups excluding carboxylic acids is 3. The summed E-state index contributed by atoms with van der Waals surface area (Å²) >= 11 is 1.25. The van der Waals surface area contributed by atoms with E-state index >= 15 is 0 Å². The molecule has 2 rings (SSSR count). The van der Waals surface area contributed by atoms with Crippen molar-refractivity contribution in [2.24, 2.45) is 0 Å². The van der Waals surface area contributed by atoms with Crippen molar-refractivity contribution in [2.45, 2.75) is 44.7 Å². The Kier molecular flexibility index (Phi) is 8.27. The number of nitrogens with one attached hydrogen (secondary N) is 2. The van der Waals surface area contributed by atoms with Crippen molar-refractivity contribution < 1.29 is 19.1 Å². The van der Waals surface area contributed by atoms with Crippen LogP contribution in [0.5, 0.6) is 0 Å². The molecule has 0 heterocycles. The first-order chi connectivity index (χ1) is 13.8. The maximum absolute atomic E-state index is 12.6. The second-order valence-corrected chi connectivity index (χ2v) is 7.93. The van der Waals surface area contributed by atoms with Gasteiger partial charge in [0.2, 0.25) is 5.91 Å². The smallest absolute Gasteiger partial charge is 0.340 e. The summed E-state index contributed by atoms with van der Waals surface area (Å²) in [6.07, 6.45) is -0.967. The minimum atomic E-state index is -0.967. The molecular formula is C22H26N2O4S. The molecule has 0 aromatic heterocycles. The standard InChI is InChI=1S/C22H26N2O4S/c1-14(2)23-20(25)13-29-19-8-6-5-7-18(19)22(27)28-16(4)21(26)24-17-11-9-15(3)10-12-17/h5-12,14,16H,13H2,1-4H3,(H,23,25)(H,24,26)/t16-/m1/s1. The molecule has 0 bridgehead atoms. The molecule has 154 valence electrons. The molecular weight excluding hydrogens is 388 g/mol. The van der Waals surface area contributed by atoms with Crippen LogP contribution in [0.1, 0.15) is 36.7 Å². The molecule has 0 saturated carbocycles. The first kappa shape index (κ1) is 22.5. The van der Waals surface area contributed by atoms with Gasteiger partial charge in [-0.25, -0.2) is 4.79 Å². The summed E-state index contributed by atoms with van der Waals surface area (Å²) in [4.78, 5) is 37.4. The number of esters is 1.